The first-order valence-electron chi connectivity index (χ1n) is 6.56. The fraction of sp³-hybridized carbons (Fsp3) is 0.333. The van der Waals surface area contributed by atoms with Crippen molar-refractivity contribution in [2.75, 3.05) is 5.32 Å². The molecule has 0 atom stereocenters. The van der Waals surface area contributed by atoms with E-state index in [2.05, 4.69) is 41.3 Å². The van der Waals surface area contributed by atoms with Gasteiger partial charge in [0.1, 0.15) is 11.8 Å². The molecule has 6 heteroatoms. The highest BCUT2D eigenvalue weighted by molar-refractivity contribution is 6.02. The molecule has 2 heterocycles. The van der Waals surface area contributed by atoms with Crippen molar-refractivity contribution >= 4 is 11.7 Å². The van der Waals surface area contributed by atoms with Crippen molar-refractivity contribution in [1.29, 1.82) is 5.26 Å². The predicted octanol–water partition coefficient (Wildman–Crippen LogP) is 2.53. The highest BCUT2D eigenvalue weighted by atomic mass is 16.1. The van der Waals surface area contributed by atoms with E-state index in [9.17, 15) is 4.79 Å². The Morgan fingerprint density at radius 2 is 2.10 bits per heavy atom. The van der Waals surface area contributed by atoms with E-state index < -0.39 is 0 Å². The molecule has 0 aliphatic heterocycles. The Morgan fingerprint density at radius 1 is 1.38 bits per heavy atom. The number of anilines is 1. The van der Waals surface area contributed by atoms with Gasteiger partial charge >= 0.3 is 0 Å². The summed E-state index contributed by atoms with van der Waals surface area (Å²) in [6.07, 6.45) is 0. The largest absolute Gasteiger partial charge is 0.304 e. The number of aromatic amines is 1. The number of aryl methyl sites for hydroxylation is 1. The Bertz CT molecular complexity index is 718. The van der Waals surface area contributed by atoms with E-state index in [0.717, 1.165) is 5.69 Å². The molecule has 0 bridgehead atoms. The SMILES string of the molecule is Cc1nc(C(=O)Nc2cc(C(C)(C)C)[nH]n2)ccc1C#N. The number of pyridine rings is 1. The van der Waals surface area contributed by atoms with Crippen molar-refractivity contribution < 1.29 is 4.79 Å². The predicted molar refractivity (Wildman–Crippen MR) is 78.9 cm³/mol. The first-order valence-corrected chi connectivity index (χ1v) is 6.56. The van der Waals surface area contributed by atoms with E-state index in [0.29, 0.717) is 17.1 Å². The molecular weight excluding hydrogens is 266 g/mol. The molecule has 6 nitrogen and oxygen atoms in total. The van der Waals surface area contributed by atoms with Crippen LogP contribution in [-0.2, 0) is 5.41 Å². The van der Waals surface area contributed by atoms with Crippen LogP contribution in [0.3, 0.4) is 0 Å². The molecule has 0 fully saturated rings. The van der Waals surface area contributed by atoms with Crippen LogP contribution in [0.15, 0.2) is 18.2 Å². The summed E-state index contributed by atoms with van der Waals surface area (Å²) in [5.74, 6) is 0.100. The van der Waals surface area contributed by atoms with Gasteiger partial charge in [-0.1, -0.05) is 20.8 Å². The zero-order chi connectivity index (χ0) is 15.6. The Hall–Kier alpha value is -2.68. The van der Waals surface area contributed by atoms with Crippen LogP contribution in [0.1, 0.15) is 48.2 Å². The summed E-state index contributed by atoms with van der Waals surface area (Å²) in [5.41, 5.74) is 2.11. The Kier molecular flexibility index (Phi) is 3.76. The number of carbonyl (C=O) groups is 1. The van der Waals surface area contributed by atoms with E-state index in [1.807, 2.05) is 6.07 Å². The van der Waals surface area contributed by atoms with Crippen molar-refractivity contribution in [3.63, 3.8) is 0 Å². The van der Waals surface area contributed by atoms with E-state index in [1.165, 1.54) is 6.07 Å². The average molecular weight is 283 g/mol. The molecule has 0 radical (unpaired) electrons. The molecule has 0 saturated carbocycles. The number of hydrogen-bond acceptors (Lipinski definition) is 4. The third-order valence-corrected chi connectivity index (χ3v) is 3.07. The van der Waals surface area contributed by atoms with Crippen molar-refractivity contribution in [2.45, 2.75) is 33.1 Å². The summed E-state index contributed by atoms with van der Waals surface area (Å²) in [6, 6.07) is 6.93. The molecule has 1 amide bonds. The van der Waals surface area contributed by atoms with Gasteiger partial charge in [-0.05, 0) is 19.1 Å². The number of aromatic nitrogens is 3. The molecule has 0 unspecified atom stereocenters. The van der Waals surface area contributed by atoms with E-state index in [4.69, 9.17) is 5.26 Å². The molecule has 21 heavy (non-hydrogen) atoms. The lowest BCUT2D eigenvalue weighted by molar-refractivity contribution is 0.102. The minimum atomic E-state index is -0.352. The number of H-pyrrole nitrogens is 1. The number of amides is 1. The van der Waals surface area contributed by atoms with Crippen molar-refractivity contribution in [3.8, 4) is 6.07 Å². The summed E-state index contributed by atoms with van der Waals surface area (Å²) < 4.78 is 0. The quantitative estimate of drug-likeness (QED) is 0.885. The molecule has 0 aliphatic rings. The number of rotatable bonds is 2. The van der Waals surface area contributed by atoms with Crippen LogP contribution in [0.5, 0.6) is 0 Å². The van der Waals surface area contributed by atoms with Crippen LogP contribution in [0.4, 0.5) is 5.82 Å². The molecule has 2 rings (SSSR count). The molecule has 0 spiro atoms. The van der Waals surface area contributed by atoms with Gasteiger partial charge in [0.2, 0.25) is 0 Å². The van der Waals surface area contributed by atoms with Gasteiger partial charge in [-0.25, -0.2) is 4.98 Å². The lowest BCUT2D eigenvalue weighted by atomic mass is 9.92. The zero-order valence-corrected chi connectivity index (χ0v) is 12.5. The summed E-state index contributed by atoms with van der Waals surface area (Å²) in [4.78, 5) is 16.2. The van der Waals surface area contributed by atoms with Gasteiger partial charge in [-0.15, -0.1) is 0 Å². The van der Waals surface area contributed by atoms with Crippen LogP contribution in [0.25, 0.3) is 0 Å². The van der Waals surface area contributed by atoms with Gasteiger partial charge in [-0.3, -0.25) is 9.89 Å². The molecule has 0 aliphatic carbocycles. The summed E-state index contributed by atoms with van der Waals surface area (Å²) in [5, 5.41) is 18.5. The van der Waals surface area contributed by atoms with Crippen molar-refractivity contribution in [2.24, 2.45) is 0 Å². The molecule has 2 aromatic heterocycles. The fourth-order valence-electron chi connectivity index (χ4n) is 1.76. The second kappa shape index (κ2) is 5.37. The van der Waals surface area contributed by atoms with Gasteiger partial charge in [0.25, 0.3) is 5.91 Å². The maximum absolute atomic E-state index is 12.1. The monoisotopic (exact) mass is 283 g/mol. The second-order valence-corrected chi connectivity index (χ2v) is 5.81. The topological polar surface area (TPSA) is 94.5 Å². The van der Waals surface area contributed by atoms with Crippen LogP contribution < -0.4 is 5.32 Å². The van der Waals surface area contributed by atoms with E-state index in [1.54, 1.807) is 19.1 Å². The average Bonchev–Trinajstić information content (AvgIpc) is 2.87. The highest BCUT2D eigenvalue weighted by Gasteiger charge is 2.18. The molecule has 2 N–H and O–H groups in total. The summed E-state index contributed by atoms with van der Waals surface area (Å²) in [6.45, 7) is 7.86. The van der Waals surface area contributed by atoms with Crippen LogP contribution in [-0.4, -0.2) is 21.1 Å². The normalized spacial score (nSPS) is 11.0. The molecular formula is C15H17N5O. The van der Waals surface area contributed by atoms with Gasteiger partial charge in [-0.2, -0.15) is 10.4 Å². The van der Waals surface area contributed by atoms with Crippen LogP contribution in [0.2, 0.25) is 0 Å². The molecule has 0 aromatic carbocycles. The van der Waals surface area contributed by atoms with Gasteiger partial charge in [0.05, 0.1) is 11.3 Å². The van der Waals surface area contributed by atoms with Gasteiger partial charge in [0, 0.05) is 17.2 Å². The summed E-state index contributed by atoms with van der Waals surface area (Å²) in [7, 11) is 0. The maximum atomic E-state index is 12.1. The molecule has 2 aromatic rings. The van der Waals surface area contributed by atoms with Crippen LogP contribution >= 0.6 is 0 Å². The molecule has 0 saturated heterocycles. The Balaban J connectivity index is 2.17. The second-order valence-electron chi connectivity index (χ2n) is 5.81. The highest BCUT2D eigenvalue weighted by Crippen LogP contribution is 2.22. The fourth-order valence-corrected chi connectivity index (χ4v) is 1.76. The lowest BCUT2D eigenvalue weighted by Gasteiger charge is -2.14. The van der Waals surface area contributed by atoms with E-state index in [-0.39, 0.29) is 17.0 Å². The summed E-state index contributed by atoms with van der Waals surface area (Å²) >= 11 is 0. The van der Waals surface area contributed by atoms with E-state index >= 15 is 0 Å². The number of hydrogen-bond donors (Lipinski definition) is 2. The maximum Gasteiger partial charge on any atom is 0.275 e. The third kappa shape index (κ3) is 3.26. The molecule has 108 valence electrons. The number of nitriles is 1. The number of nitrogens with one attached hydrogen (secondary N) is 2. The Morgan fingerprint density at radius 3 is 2.62 bits per heavy atom. The number of carbonyl (C=O) groups excluding carboxylic acids is 1. The lowest BCUT2D eigenvalue weighted by Crippen LogP contribution is -2.14. The number of nitrogens with zero attached hydrogens (tertiary/aromatic N) is 3. The first-order chi connectivity index (χ1) is 9.81. The third-order valence-electron chi connectivity index (χ3n) is 3.07. The first kappa shape index (κ1) is 14.7. The van der Waals surface area contributed by atoms with Crippen LogP contribution in [0, 0.1) is 18.3 Å². The minimum Gasteiger partial charge on any atom is -0.304 e. The standard InChI is InChI=1S/C15H17N5O/c1-9-10(8-16)5-6-11(17-9)14(21)18-13-7-12(19-20-13)15(2,3)4/h5-7H,1-4H3,(H2,18,19,20,21). The minimum absolute atomic E-state index is 0.0702. The smallest absolute Gasteiger partial charge is 0.275 e. The van der Waals surface area contributed by atoms with Gasteiger partial charge in [0.15, 0.2) is 5.82 Å². The van der Waals surface area contributed by atoms with Gasteiger partial charge < -0.3 is 5.32 Å². The van der Waals surface area contributed by atoms with Crippen molar-refractivity contribution in [3.05, 3.63) is 40.8 Å². The van der Waals surface area contributed by atoms with Crippen molar-refractivity contribution in [1.82, 2.24) is 15.2 Å². The zero-order valence-electron chi connectivity index (χ0n) is 12.5. The Labute approximate surface area is 123 Å².